The monoisotopic (exact) mass is 308 g/mol. The molecule has 1 unspecified atom stereocenters. The summed E-state index contributed by atoms with van der Waals surface area (Å²) >= 11 is 0. The minimum Gasteiger partial charge on any atom is -0.545 e. The number of carboxylic acid groups (broad SMARTS) is 1. The number of rotatable bonds is 1. The molecule has 0 radical (unpaired) electrons. The summed E-state index contributed by atoms with van der Waals surface area (Å²) < 4.78 is 48.6. The number of halogens is 3. The number of hydrogen-bond donors (Lipinski definition) is 0. The molecule has 1 atom stereocenters. The molecule has 21 heavy (non-hydrogen) atoms. The first-order valence-electron chi connectivity index (χ1n) is 5.82. The summed E-state index contributed by atoms with van der Waals surface area (Å²) in [7, 11) is 0. The first-order chi connectivity index (χ1) is 9.36. The third-order valence-electron chi connectivity index (χ3n) is 3.19. The van der Waals surface area contributed by atoms with Gasteiger partial charge in [-0.15, -0.1) is 0 Å². The van der Waals surface area contributed by atoms with E-state index in [0.717, 1.165) is 11.6 Å². The first kappa shape index (κ1) is 16.2. The minimum atomic E-state index is -4.82. The summed E-state index contributed by atoms with van der Waals surface area (Å²) in [5.74, 6) is -1.37. The summed E-state index contributed by atoms with van der Waals surface area (Å²) in [6.07, 6.45) is -5.83. The molecule has 4 nitrogen and oxygen atoms in total. The van der Waals surface area contributed by atoms with E-state index >= 15 is 0 Å². The van der Waals surface area contributed by atoms with E-state index in [1.165, 1.54) is 12.1 Å². The number of fused-ring (bicyclic) bond motifs is 2. The zero-order chi connectivity index (χ0) is 14.5. The fourth-order valence-electron chi connectivity index (χ4n) is 2.28. The van der Waals surface area contributed by atoms with Crippen LogP contribution in [0.4, 0.5) is 13.2 Å². The molecule has 2 aliphatic rings. The molecule has 1 aromatic rings. The Morgan fingerprint density at radius 2 is 2.00 bits per heavy atom. The number of carbonyl (C=O) groups is 1. The van der Waals surface area contributed by atoms with E-state index in [9.17, 15) is 23.1 Å². The number of hydrogen-bond acceptors (Lipinski definition) is 4. The van der Waals surface area contributed by atoms with E-state index in [0.29, 0.717) is 18.8 Å². The summed E-state index contributed by atoms with van der Waals surface area (Å²) in [6, 6.07) is 2.94. The second-order valence-electron chi connectivity index (χ2n) is 4.52. The molecule has 3 rings (SSSR count). The molecule has 0 aromatic heterocycles. The summed E-state index contributed by atoms with van der Waals surface area (Å²) in [5, 5.41) is 10.9. The van der Waals surface area contributed by atoms with Gasteiger partial charge in [0.05, 0.1) is 12.6 Å². The molecule has 106 valence electrons. The Morgan fingerprint density at radius 1 is 1.29 bits per heavy atom. The molecule has 0 spiro atoms. The van der Waals surface area contributed by atoms with E-state index in [-0.39, 0.29) is 40.9 Å². The second-order valence-corrected chi connectivity index (χ2v) is 4.52. The van der Waals surface area contributed by atoms with Crippen molar-refractivity contribution in [1.29, 1.82) is 0 Å². The molecule has 1 aromatic carbocycles. The predicted molar refractivity (Wildman–Crippen MR) is 59.1 cm³/mol. The molecule has 2 aliphatic heterocycles. The van der Waals surface area contributed by atoms with Crippen LogP contribution in [0.2, 0.25) is 0 Å². The van der Waals surface area contributed by atoms with Gasteiger partial charge in [-0.05, 0) is 18.2 Å². The number of aliphatic carboxylic acids is 1. The zero-order valence-corrected chi connectivity index (χ0v) is 13.0. The van der Waals surface area contributed by atoms with E-state index in [1.54, 1.807) is 0 Å². The van der Waals surface area contributed by atoms with Gasteiger partial charge < -0.3 is 19.4 Å². The fraction of sp³-hybridized carbons (Fsp3) is 0.308. The van der Waals surface area contributed by atoms with Gasteiger partial charge in [-0.2, -0.15) is 13.2 Å². The largest absolute Gasteiger partial charge is 1.00 e. The van der Waals surface area contributed by atoms with Gasteiger partial charge in [-0.25, -0.2) is 0 Å². The van der Waals surface area contributed by atoms with Gasteiger partial charge >= 0.3 is 35.7 Å². The second kappa shape index (κ2) is 5.55. The van der Waals surface area contributed by atoms with E-state index in [1.807, 2.05) is 0 Å². The Bertz CT molecular complexity index is 625. The maximum atomic E-state index is 12.8. The quantitative estimate of drug-likeness (QED) is 0.568. The molecular weight excluding hydrogens is 300 g/mol. The maximum Gasteiger partial charge on any atom is 1.00 e. The summed E-state index contributed by atoms with van der Waals surface area (Å²) in [5.41, 5.74) is 0.0447. The van der Waals surface area contributed by atoms with Crippen LogP contribution in [0.25, 0.3) is 6.08 Å². The van der Waals surface area contributed by atoms with Crippen molar-refractivity contribution in [3.8, 4) is 11.5 Å². The van der Waals surface area contributed by atoms with Gasteiger partial charge in [-0.1, -0.05) is 0 Å². The van der Waals surface area contributed by atoms with E-state index < -0.39 is 23.8 Å². The molecule has 0 saturated heterocycles. The SMILES string of the molecule is O=C([O-])C1=Cc2cc3c(cc2OC1C(F)(F)F)CCO3.[Na+]. The van der Waals surface area contributed by atoms with Crippen molar-refractivity contribution >= 4 is 12.0 Å². The number of benzene rings is 1. The Morgan fingerprint density at radius 3 is 2.62 bits per heavy atom. The third-order valence-corrected chi connectivity index (χ3v) is 3.19. The Hall–Kier alpha value is -1.18. The molecule has 8 heteroatoms. The minimum absolute atomic E-state index is 0. The molecule has 0 amide bonds. The van der Waals surface area contributed by atoms with Crippen LogP contribution < -0.4 is 44.1 Å². The van der Waals surface area contributed by atoms with Crippen molar-refractivity contribution in [2.45, 2.75) is 18.7 Å². The maximum absolute atomic E-state index is 12.8. The van der Waals surface area contributed by atoms with Gasteiger partial charge in [0.15, 0.2) is 0 Å². The Kier molecular flexibility index (Phi) is 4.28. The van der Waals surface area contributed by atoms with Crippen LogP contribution in [0.3, 0.4) is 0 Å². The fourth-order valence-corrected chi connectivity index (χ4v) is 2.28. The van der Waals surface area contributed by atoms with Gasteiger partial charge in [0.25, 0.3) is 0 Å². The summed E-state index contributed by atoms with van der Waals surface area (Å²) in [6.45, 7) is 0.442. The van der Waals surface area contributed by atoms with Crippen LogP contribution in [0, 0.1) is 0 Å². The normalized spacial score (nSPS) is 19.4. The molecule has 0 N–H and O–H groups in total. The van der Waals surface area contributed by atoms with Crippen LogP contribution >= 0.6 is 0 Å². The van der Waals surface area contributed by atoms with E-state index in [4.69, 9.17) is 9.47 Å². The Labute approximate surface area is 139 Å². The zero-order valence-electron chi connectivity index (χ0n) is 11.0. The van der Waals surface area contributed by atoms with Gasteiger partial charge in [-0.3, -0.25) is 0 Å². The van der Waals surface area contributed by atoms with Gasteiger partial charge in [0.2, 0.25) is 6.10 Å². The standard InChI is InChI=1S/C13H9F3O4.Na/c14-13(15,16)11-8(12(17)18)3-7-5-9-6(1-2-19-9)4-10(7)20-11;/h3-5,11H,1-2H2,(H,17,18);/q;+1/p-1. The van der Waals surface area contributed by atoms with Crippen LogP contribution in [0.5, 0.6) is 11.5 Å². The van der Waals surface area contributed by atoms with Crippen molar-refractivity contribution < 1.29 is 62.1 Å². The van der Waals surface area contributed by atoms with Crippen molar-refractivity contribution in [3.05, 3.63) is 28.8 Å². The molecular formula is C13H8F3NaO4. The molecule has 0 aliphatic carbocycles. The van der Waals surface area contributed by atoms with Crippen molar-refractivity contribution in [2.24, 2.45) is 0 Å². The van der Waals surface area contributed by atoms with E-state index in [2.05, 4.69) is 0 Å². The number of carbonyl (C=O) groups excluding carboxylic acids is 1. The molecule has 0 fully saturated rings. The summed E-state index contributed by atoms with van der Waals surface area (Å²) in [4.78, 5) is 10.9. The molecule has 2 heterocycles. The van der Waals surface area contributed by atoms with Gasteiger partial charge in [0, 0.05) is 23.1 Å². The van der Waals surface area contributed by atoms with Crippen LogP contribution in [-0.2, 0) is 11.2 Å². The average molecular weight is 308 g/mol. The van der Waals surface area contributed by atoms with Crippen LogP contribution in [0.1, 0.15) is 11.1 Å². The first-order valence-corrected chi connectivity index (χ1v) is 5.82. The van der Waals surface area contributed by atoms with Crippen molar-refractivity contribution in [2.75, 3.05) is 6.61 Å². The number of ether oxygens (including phenoxy) is 2. The topological polar surface area (TPSA) is 58.6 Å². The average Bonchev–Trinajstić information content (AvgIpc) is 2.80. The van der Waals surface area contributed by atoms with Crippen molar-refractivity contribution in [3.63, 3.8) is 0 Å². The number of alkyl halides is 3. The van der Waals surface area contributed by atoms with Crippen LogP contribution in [-0.4, -0.2) is 24.9 Å². The Balaban J connectivity index is 0.00000161. The third kappa shape index (κ3) is 2.90. The van der Waals surface area contributed by atoms with Gasteiger partial charge in [0.1, 0.15) is 11.5 Å². The van der Waals surface area contributed by atoms with Crippen molar-refractivity contribution in [1.82, 2.24) is 0 Å². The molecule has 0 bridgehead atoms. The van der Waals surface area contributed by atoms with Crippen LogP contribution in [0.15, 0.2) is 17.7 Å². The predicted octanol–water partition coefficient (Wildman–Crippen LogP) is -1.92. The number of carboxylic acids is 1. The molecule has 0 saturated carbocycles. The smallest absolute Gasteiger partial charge is 0.545 e.